The van der Waals surface area contributed by atoms with Crippen molar-refractivity contribution in [3.63, 3.8) is 0 Å². The molecule has 0 radical (unpaired) electrons. The molecule has 0 heterocycles. The van der Waals surface area contributed by atoms with Crippen LogP contribution in [-0.4, -0.2) is 18.7 Å². The first-order chi connectivity index (χ1) is 15.0. The van der Waals surface area contributed by atoms with E-state index < -0.39 is 8.41 Å². The zero-order valence-electron chi connectivity index (χ0n) is 17.7. The van der Waals surface area contributed by atoms with Crippen LogP contribution in [0.4, 0.5) is 0 Å². The highest BCUT2D eigenvalue weighted by Crippen LogP contribution is 2.53. The summed E-state index contributed by atoms with van der Waals surface area (Å²) in [7, 11) is -0.788. The van der Waals surface area contributed by atoms with Crippen molar-refractivity contribution in [3.05, 3.63) is 98.7 Å². The predicted molar refractivity (Wildman–Crippen MR) is 135 cm³/mol. The van der Waals surface area contributed by atoms with Crippen molar-refractivity contribution in [1.82, 2.24) is 0 Å². The van der Waals surface area contributed by atoms with Crippen molar-refractivity contribution in [2.75, 3.05) is 0 Å². The summed E-state index contributed by atoms with van der Waals surface area (Å²) in [4.78, 5) is 0. The average Bonchev–Trinajstić information content (AvgIpc) is 3.07. The van der Waals surface area contributed by atoms with Gasteiger partial charge in [-0.1, -0.05) is 73.4 Å². The fourth-order valence-corrected chi connectivity index (χ4v) is 7.90. The minimum atomic E-state index is -0.788. The largest absolute Gasteiger partial charge is 0.508 e. The molecule has 0 bridgehead atoms. The molecule has 0 fully saturated rings. The molecule has 5 rings (SSSR count). The number of rotatable bonds is 3. The van der Waals surface area contributed by atoms with Crippen LogP contribution in [0, 0.1) is 0 Å². The molecule has 0 saturated carbocycles. The van der Waals surface area contributed by atoms with Crippen LogP contribution in [0.1, 0.15) is 42.0 Å². The minimum absolute atomic E-state index is 0.0872. The Morgan fingerprint density at radius 1 is 0.839 bits per heavy atom. The fraction of sp³-hybridized carbons (Fsp3) is 0.222. The molecule has 2 aliphatic rings. The fourth-order valence-electron chi connectivity index (χ4n) is 5.28. The molecule has 2 aliphatic carbocycles. The highest BCUT2D eigenvalue weighted by Gasteiger charge is 2.37. The number of halogens is 2. The standard InChI is InChI=1S/C27H24Cl2OSi/c1-3-31(4-2)24-13-16-7-5-6-8-19(16)26(27(24)30)25-22-14-17(28)9-11-20(22)21-12-10-18(29)15-23(21)25/h5-12,14-15,25,30H,3-4,13H2,1-2H3. The van der Waals surface area contributed by atoms with Gasteiger partial charge in [-0.05, 0) is 81.3 Å². The Morgan fingerprint density at radius 3 is 2.00 bits per heavy atom. The molecular formula is C27H24Cl2OSi. The van der Waals surface area contributed by atoms with Crippen LogP contribution in [0.2, 0.25) is 22.1 Å². The van der Waals surface area contributed by atoms with Crippen LogP contribution in [-0.2, 0) is 6.42 Å². The molecule has 3 aromatic rings. The van der Waals surface area contributed by atoms with Gasteiger partial charge in [0.15, 0.2) is 0 Å². The van der Waals surface area contributed by atoms with Crippen LogP contribution in [0.15, 0.2) is 66.4 Å². The van der Waals surface area contributed by atoms with Crippen molar-refractivity contribution in [2.45, 2.75) is 38.3 Å². The molecule has 0 aromatic heterocycles. The van der Waals surface area contributed by atoms with E-state index in [2.05, 4.69) is 62.4 Å². The number of hydrogen-bond acceptors (Lipinski definition) is 1. The number of allylic oxidation sites excluding steroid dienone is 2. The van der Waals surface area contributed by atoms with E-state index in [1.165, 1.54) is 21.9 Å². The quantitative estimate of drug-likeness (QED) is 0.391. The van der Waals surface area contributed by atoms with Gasteiger partial charge < -0.3 is 5.11 Å². The lowest BCUT2D eigenvalue weighted by Crippen LogP contribution is -2.26. The number of hydrogen-bond donors (Lipinski definition) is 1. The van der Waals surface area contributed by atoms with Gasteiger partial charge in [-0.3, -0.25) is 0 Å². The Labute approximate surface area is 195 Å². The van der Waals surface area contributed by atoms with Crippen LogP contribution in [0.25, 0.3) is 16.7 Å². The smallest absolute Gasteiger partial charge is 0.119 e. The second-order valence-corrected chi connectivity index (χ2v) is 12.4. The predicted octanol–water partition coefficient (Wildman–Crippen LogP) is 7.92. The number of fused-ring (bicyclic) bond motifs is 4. The number of benzene rings is 3. The van der Waals surface area contributed by atoms with Gasteiger partial charge in [0.1, 0.15) is 5.76 Å². The monoisotopic (exact) mass is 462 g/mol. The summed E-state index contributed by atoms with van der Waals surface area (Å²) < 4.78 is 0. The second-order valence-electron chi connectivity index (χ2n) is 8.28. The van der Waals surface area contributed by atoms with Crippen LogP contribution in [0.3, 0.4) is 0 Å². The topological polar surface area (TPSA) is 20.2 Å². The molecule has 0 saturated heterocycles. The van der Waals surface area contributed by atoms with E-state index in [1.807, 2.05) is 12.1 Å². The lowest BCUT2D eigenvalue weighted by Gasteiger charge is -2.29. The Morgan fingerprint density at radius 2 is 1.42 bits per heavy atom. The van der Waals surface area contributed by atoms with E-state index in [4.69, 9.17) is 23.2 Å². The molecule has 0 amide bonds. The molecule has 3 aromatic carbocycles. The second kappa shape index (κ2) is 8.09. The molecule has 0 aliphatic heterocycles. The first kappa shape index (κ1) is 20.8. The normalized spacial score (nSPS) is 15.0. The van der Waals surface area contributed by atoms with Crippen molar-refractivity contribution in [2.24, 2.45) is 0 Å². The lowest BCUT2D eigenvalue weighted by atomic mass is 9.78. The zero-order chi connectivity index (χ0) is 21.7. The molecule has 0 spiro atoms. The Bertz CT molecular complexity index is 1210. The van der Waals surface area contributed by atoms with Crippen LogP contribution in [0.5, 0.6) is 0 Å². The highest BCUT2D eigenvalue weighted by atomic mass is 35.5. The van der Waals surface area contributed by atoms with Gasteiger partial charge >= 0.3 is 0 Å². The van der Waals surface area contributed by atoms with Crippen molar-refractivity contribution >= 4 is 42.4 Å². The SMILES string of the molecule is CC[Si](CC)=C1Cc2ccccc2C(C2c3cc(Cl)ccc3-c3ccc(Cl)cc32)=C1O. The van der Waals surface area contributed by atoms with Crippen molar-refractivity contribution < 1.29 is 5.11 Å². The molecule has 0 atom stereocenters. The summed E-state index contributed by atoms with van der Waals surface area (Å²) in [5.41, 5.74) is 8.07. The van der Waals surface area contributed by atoms with E-state index in [0.29, 0.717) is 15.8 Å². The molecule has 4 heteroatoms. The summed E-state index contributed by atoms with van der Waals surface area (Å²) >= 11 is 12.9. The van der Waals surface area contributed by atoms with Crippen molar-refractivity contribution in [1.29, 1.82) is 0 Å². The van der Waals surface area contributed by atoms with E-state index in [9.17, 15) is 5.11 Å². The van der Waals surface area contributed by atoms with Gasteiger partial charge in [-0.2, -0.15) is 0 Å². The Kier molecular flexibility index (Phi) is 5.41. The van der Waals surface area contributed by atoms with E-state index in [1.54, 1.807) is 0 Å². The van der Waals surface area contributed by atoms with Crippen LogP contribution >= 0.6 is 23.2 Å². The third-order valence-corrected chi connectivity index (χ3v) is 10.2. The lowest BCUT2D eigenvalue weighted by molar-refractivity contribution is 0.442. The minimum Gasteiger partial charge on any atom is -0.508 e. The molecule has 31 heavy (non-hydrogen) atoms. The van der Waals surface area contributed by atoms with Gasteiger partial charge in [0.2, 0.25) is 0 Å². The first-order valence-electron chi connectivity index (χ1n) is 10.8. The van der Waals surface area contributed by atoms with Crippen molar-refractivity contribution in [3.8, 4) is 11.1 Å². The summed E-state index contributed by atoms with van der Waals surface area (Å²) in [5, 5.41) is 14.4. The average molecular weight is 463 g/mol. The number of aliphatic hydroxyl groups excluding tert-OH is 1. The molecular weight excluding hydrogens is 439 g/mol. The molecule has 1 N–H and O–H groups in total. The zero-order valence-corrected chi connectivity index (χ0v) is 20.2. The molecule has 0 unspecified atom stereocenters. The highest BCUT2D eigenvalue weighted by molar-refractivity contribution is 6.74. The Balaban J connectivity index is 1.86. The van der Waals surface area contributed by atoms with Gasteiger partial charge in [-0.15, -0.1) is 0 Å². The Hall–Kier alpha value is -2.13. The summed E-state index contributed by atoms with van der Waals surface area (Å²) in [6.07, 6.45) is 0.846. The first-order valence-corrected chi connectivity index (χ1v) is 13.5. The maximum Gasteiger partial charge on any atom is 0.119 e. The number of aliphatic hydroxyl groups is 1. The molecule has 1 nitrogen and oxygen atoms in total. The van der Waals surface area contributed by atoms with Gasteiger partial charge in [0.25, 0.3) is 0 Å². The van der Waals surface area contributed by atoms with Gasteiger partial charge in [0, 0.05) is 29.9 Å². The van der Waals surface area contributed by atoms with Crippen LogP contribution < -0.4 is 0 Å². The van der Waals surface area contributed by atoms with E-state index >= 15 is 0 Å². The van der Waals surface area contributed by atoms with Gasteiger partial charge in [0.05, 0.1) is 0 Å². The maximum atomic E-state index is 11.8. The summed E-state index contributed by atoms with van der Waals surface area (Å²) in [6, 6.07) is 22.9. The van der Waals surface area contributed by atoms with E-state index in [0.717, 1.165) is 40.8 Å². The third kappa shape index (κ3) is 3.33. The van der Waals surface area contributed by atoms with E-state index in [-0.39, 0.29) is 5.92 Å². The summed E-state index contributed by atoms with van der Waals surface area (Å²) in [5.74, 6) is 0.413. The summed E-state index contributed by atoms with van der Waals surface area (Å²) in [6.45, 7) is 4.50. The molecule has 156 valence electrons. The third-order valence-electron chi connectivity index (χ3n) is 6.72. The maximum absolute atomic E-state index is 11.8. The van der Waals surface area contributed by atoms with Gasteiger partial charge in [-0.25, -0.2) is 0 Å².